The van der Waals surface area contributed by atoms with E-state index in [1.54, 1.807) is 0 Å². The van der Waals surface area contributed by atoms with Gasteiger partial charge in [0.25, 0.3) is 0 Å². The summed E-state index contributed by atoms with van der Waals surface area (Å²) in [5.74, 6) is -0.505. The lowest BCUT2D eigenvalue weighted by Crippen LogP contribution is -2.19. The van der Waals surface area contributed by atoms with E-state index >= 15 is 0 Å². The van der Waals surface area contributed by atoms with Crippen molar-refractivity contribution in [1.29, 1.82) is 5.26 Å². The standard InChI is InChI=1S/C12H11FN4OS/c1-7(2)17-11(18)15-16-12(17)19-10-4-3-8(6-14)5-9(10)13/h3-5,7H,1-2H3,(H,15,18). The second-order valence-electron chi connectivity index (χ2n) is 4.13. The lowest BCUT2D eigenvalue weighted by atomic mass is 10.2. The Hall–Kier alpha value is -2.07. The third-order valence-corrected chi connectivity index (χ3v) is 3.47. The second kappa shape index (κ2) is 5.28. The molecule has 0 radical (unpaired) electrons. The van der Waals surface area contributed by atoms with Crippen LogP contribution in [0.5, 0.6) is 0 Å². The molecule has 0 amide bonds. The molecular formula is C12H11FN4OS. The zero-order valence-corrected chi connectivity index (χ0v) is 11.2. The Labute approximate surface area is 113 Å². The normalized spacial score (nSPS) is 10.7. The van der Waals surface area contributed by atoms with Crippen LogP contribution in [-0.4, -0.2) is 14.8 Å². The summed E-state index contributed by atoms with van der Waals surface area (Å²) in [4.78, 5) is 11.9. The van der Waals surface area contributed by atoms with E-state index in [1.807, 2.05) is 19.9 Å². The van der Waals surface area contributed by atoms with E-state index in [4.69, 9.17) is 5.26 Å². The Kier molecular flexibility index (Phi) is 3.71. The largest absolute Gasteiger partial charge is 0.344 e. The third kappa shape index (κ3) is 2.69. The van der Waals surface area contributed by atoms with Crippen molar-refractivity contribution in [2.24, 2.45) is 0 Å². The fourth-order valence-corrected chi connectivity index (χ4v) is 2.54. The first kappa shape index (κ1) is 13.4. The SMILES string of the molecule is CC(C)n1c(Sc2ccc(C#N)cc2F)n[nH]c1=O. The Morgan fingerprint density at radius 1 is 1.53 bits per heavy atom. The molecule has 1 aromatic heterocycles. The number of H-pyrrole nitrogens is 1. The van der Waals surface area contributed by atoms with Gasteiger partial charge in [0.1, 0.15) is 5.82 Å². The van der Waals surface area contributed by atoms with Crippen LogP contribution in [-0.2, 0) is 0 Å². The maximum absolute atomic E-state index is 13.8. The lowest BCUT2D eigenvalue weighted by Gasteiger charge is -2.08. The second-order valence-corrected chi connectivity index (χ2v) is 5.14. The van der Waals surface area contributed by atoms with Crippen LogP contribution in [0.2, 0.25) is 0 Å². The van der Waals surface area contributed by atoms with Crippen LogP contribution in [0.3, 0.4) is 0 Å². The number of aromatic amines is 1. The minimum absolute atomic E-state index is 0.0739. The monoisotopic (exact) mass is 278 g/mol. The van der Waals surface area contributed by atoms with Gasteiger partial charge in [-0.25, -0.2) is 14.3 Å². The zero-order valence-electron chi connectivity index (χ0n) is 10.3. The van der Waals surface area contributed by atoms with Crippen molar-refractivity contribution in [1.82, 2.24) is 14.8 Å². The van der Waals surface area contributed by atoms with E-state index in [-0.39, 0.29) is 17.3 Å². The highest BCUT2D eigenvalue weighted by atomic mass is 32.2. The van der Waals surface area contributed by atoms with Gasteiger partial charge in [-0.1, -0.05) is 0 Å². The van der Waals surface area contributed by atoms with Crippen molar-refractivity contribution in [3.63, 3.8) is 0 Å². The minimum atomic E-state index is -0.505. The molecule has 7 heteroatoms. The Balaban J connectivity index is 2.37. The van der Waals surface area contributed by atoms with Gasteiger partial charge in [-0.15, -0.1) is 5.10 Å². The van der Waals surface area contributed by atoms with Crippen LogP contribution in [0.4, 0.5) is 4.39 Å². The molecule has 0 aliphatic heterocycles. The van der Waals surface area contributed by atoms with E-state index in [0.29, 0.717) is 10.1 Å². The molecule has 1 heterocycles. The molecule has 0 aliphatic rings. The molecule has 98 valence electrons. The van der Waals surface area contributed by atoms with Crippen molar-refractivity contribution in [3.8, 4) is 6.07 Å². The van der Waals surface area contributed by atoms with Gasteiger partial charge in [0, 0.05) is 6.04 Å². The maximum atomic E-state index is 13.8. The number of nitrogens with zero attached hydrogens (tertiary/aromatic N) is 3. The molecule has 0 fully saturated rings. The quantitative estimate of drug-likeness (QED) is 0.935. The van der Waals surface area contributed by atoms with Gasteiger partial charge in [0.05, 0.1) is 16.5 Å². The number of nitrogens with one attached hydrogen (secondary N) is 1. The fourth-order valence-electron chi connectivity index (χ4n) is 1.57. The average Bonchev–Trinajstić information content (AvgIpc) is 2.73. The van der Waals surface area contributed by atoms with Gasteiger partial charge < -0.3 is 0 Å². The van der Waals surface area contributed by atoms with Crippen molar-refractivity contribution in [3.05, 3.63) is 40.1 Å². The number of nitriles is 1. The van der Waals surface area contributed by atoms with E-state index in [9.17, 15) is 9.18 Å². The summed E-state index contributed by atoms with van der Waals surface area (Å²) >= 11 is 1.05. The number of halogens is 1. The van der Waals surface area contributed by atoms with Gasteiger partial charge in [-0.05, 0) is 43.8 Å². The number of hydrogen-bond donors (Lipinski definition) is 1. The number of aromatic nitrogens is 3. The van der Waals surface area contributed by atoms with Crippen LogP contribution >= 0.6 is 11.8 Å². The van der Waals surface area contributed by atoms with Gasteiger partial charge in [0.15, 0.2) is 5.16 Å². The fraction of sp³-hybridized carbons (Fsp3) is 0.250. The smallest absolute Gasteiger partial charge is 0.267 e. The van der Waals surface area contributed by atoms with Gasteiger partial charge in [0.2, 0.25) is 0 Å². The highest BCUT2D eigenvalue weighted by Crippen LogP contribution is 2.29. The zero-order chi connectivity index (χ0) is 14.0. The van der Waals surface area contributed by atoms with Crippen LogP contribution in [0, 0.1) is 17.1 Å². The van der Waals surface area contributed by atoms with Gasteiger partial charge in [-0.2, -0.15) is 5.26 Å². The summed E-state index contributed by atoms with van der Waals surface area (Å²) in [6.45, 7) is 3.69. The Morgan fingerprint density at radius 2 is 2.26 bits per heavy atom. The number of benzene rings is 1. The third-order valence-electron chi connectivity index (χ3n) is 2.45. The maximum Gasteiger partial charge on any atom is 0.344 e. The van der Waals surface area contributed by atoms with E-state index in [1.165, 1.54) is 16.7 Å². The predicted octanol–water partition coefficient (Wildman–Crippen LogP) is 2.31. The van der Waals surface area contributed by atoms with E-state index in [2.05, 4.69) is 10.2 Å². The Morgan fingerprint density at radius 3 is 2.84 bits per heavy atom. The molecule has 5 nitrogen and oxygen atoms in total. The molecule has 0 saturated carbocycles. The molecule has 0 atom stereocenters. The summed E-state index contributed by atoms with van der Waals surface area (Å²) < 4.78 is 15.2. The van der Waals surface area contributed by atoms with Crippen LogP contribution in [0.15, 0.2) is 33.0 Å². The first-order valence-electron chi connectivity index (χ1n) is 5.57. The highest BCUT2D eigenvalue weighted by Gasteiger charge is 2.14. The number of hydrogen-bond acceptors (Lipinski definition) is 4. The first-order valence-corrected chi connectivity index (χ1v) is 6.39. The molecule has 0 aliphatic carbocycles. The summed E-state index contributed by atoms with van der Waals surface area (Å²) in [6.07, 6.45) is 0. The van der Waals surface area contributed by atoms with Gasteiger partial charge in [-0.3, -0.25) is 4.57 Å². The Bertz CT molecular complexity index is 698. The van der Waals surface area contributed by atoms with Crippen molar-refractivity contribution in [2.75, 3.05) is 0 Å². The molecule has 0 saturated heterocycles. The van der Waals surface area contributed by atoms with Crippen LogP contribution < -0.4 is 5.69 Å². The molecule has 0 unspecified atom stereocenters. The van der Waals surface area contributed by atoms with E-state index in [0.717, 1.165) is 17.8 Å². The van der Waals surface area contributed by atoms with Crippen LogP contribution in [0.1, 0.15) is 25.5 Å². The summed E-state index contributed by atoms with van der Waals surface area (Å²) in [5.41, 5.74) is -0.0725. The minimum Gasteiger partial charge on any atom is -0.267 e. The average molecular weight is 278 g/mol. The molecule has 1 aromatic carbocycles. The molecular weight excluding hydrogens is 267 g/mol. The van der Waals surface area contributed by atoms with Crippen molar-refractivity contribution >= 4 is 11.8 Å². The van der Waals surface area contributed by atoms with Gasteiger partial charge >= 0.3 is 5.69 Å². The molecule has 19 heavy (non-hydrogen) atoms. The van der Waals surface area contributed by atoms with E-state index < -0.39 is 5.82 Å². The first-order chi connectivity index (χ1) is 9.02. The summed E-state index contributed by atoms with van der Waals surface area (Å²) in [6, 6.07) is 5.98. The number of rotatable bonds is 3. The molecule has 0 spiro atoms. The van der Waals surface area contributed by atoms with Crippen LogP contribution in [0.25, 0.3) is 0 Å². The highest BCUT2D eigenvalue weighted by molar-refractivity contribution is 7.99. The molecule has 0 bridgehead atoms. The summed E-state index contributed by atoms with van der Waals surface area (Å²) in [5, 5.41) is 15.3. The van der Waals surface area contributed by atoms with Crippen molar-refractivity contribution in [2.45, 2.75) is 29.9 Å². The molecule has 2 rings (SSSR count). The lowest BCUT2D eigenvalue weighted by molar-refractivity contribution is 0.533. The predicted molar refractivity (Wildman–Crippen MR) is 68.5 cm³/mol. The molecule has 1 N–H and O–H groups in total. The molecule has 2 aromatic rings. The van der Waals surface area contributed by atoms with Crippen molar-refractivity contribution < 1.29 is 4.39 Å². The summed E-state index contributed by atoms with van der Waals surface area (Å²) in [7, 11) is 0. The topological polar surface area (TPSA) is 74.5 Å².